The van der Waals surface area contributed by atoms with Gasteiger partial charge in [-0.05, 0) is 109 Å². The molecule has 220 valence electrons. The predicted molar refractivity (Wildman–Crippen MR) is 167 cm³/mol. The second-order valence-electron chi connectivity index (χ2n) is 12.6. The van der Waals surface area contributed by atoms with E-state index in [4.69, 9.17) is 4.98 Å². The van der Waals surface area contributed by atoms with E-state index < -0.39 is 6.04 Å². The number of likely N-dealkylation sites (tertiary alicyclic amines) is 1. The molecule has 10 heteroatoms. The fourth-order valence-electron chi connectivity index (χ4n) is 7.05. The molecule has 1 N–H and O–H groups in total. The first kappa shape index (κ1) is 27.9. The van der Waals surface area contributed by atoms with Crippen LogP contribution >= 0.6 is 15.9 Å². The van der Waals surface area contributed by atoms with Crippen molar-refractivity contribution in [1.29, 1.82) is 0 Å². The van der Waals surface area contributed by atoms with Crippen molar-refractivity contribution in [3.05, 3.63) is 69.5 Å². The summed E-state index contributed by atoms with van der Waals surface area (Å²) in [6.07, 6.45) is 7.87. The van der Waals surface area contributed by atoms with Gasteiger partial charge in [-0.25, -0.2) is 15.0 Å². The van der Waals surface area contributed by atoms with Gasteiger partial charge in [0.25, 0.3) is 0 Å². The average Bonchev–Trinajstić information content (AvgIpc) is 3.41. The highest BCUT2D eigenvalue weighted by molar-refractivity contribution is 9.10. The summed E-state index contributed by atoms with van der Waals surface area (Å²) >= 11 is 3.38. The first-order valence-electron chi connectivity index (χ1n) is 14.8. The number of anilines is 1. The van der Waals surface area contributed by atoms with Crippen LogP contribution in [0, 0.1) is 19.3 Å². The minimum Gasteiger partial charge on any atom is -0.337 e. The van der Waals surface area contributed by atoms with Crippen LogP contribution in [0.15, 0.2) is 41.3 Å². The Kier molecular flexibility index (Phi) is 6.54. The molecule has 0 bridgehead atoms. The zero-order chi connectivity index (χ0) is 30.2. The highest BCUT2D eigenvalue weighted by atomic mass is 79.9. The number of carbonyl (C=O) groups is 3. The molecule has 0 unspecified atom stereocenters. The number of halogens is 1. The first-order chi connectivity index (χ1) is 20.5. The molecule has 2 aliphatic carbocycles. The summed E-state index contributed by atoms with van der Waals surface area (Å²) in [5, 5.41) is 3.78. The lowest BCUT2D eigenvalue weighted by Crippen LogP contribution is -2.46. The van der Waals surface area contributed by atoms with Gasteiger partial charge in [-0.2, -0.15) is 0 Å². The number of aromatic nitrogens is 4. The number of aryl methyl sites for hydroxylation is 4. The van der Waals surface area contributed by atoms with E-state index in [1.54, 1.807) is 18.0 Å². The molecule has 4 aromatic rings. The van der Waals surface area contributed by atoms with Gasteiger partial charge in [-0.3, -0.25) is 14.4 Å². The van der Waals surface area contributed by atoms with E-state index in [1.807, 2.05) is 36.7 Å². The number of nitrogens with one attached hydrogen (secondary N) is 1. The van der Waals surface area contributed by atoms with Crippen molar-refractivity contribution in [2.45, 2.75) is 78.4 Å². The summed E-state index contributed by atoms with van der Waals surface area (Å²) in [5.41, 5.74) is 6.46. The molecule has 4 heterocycles. The Hall–Kier alpha value is -3.92. The van der Waals surface area contributed by atoms with Crippen LogP contribution in [0.3, 0.4) is 0 Å². The summed E-state index contributed by atoms with van der Waals surface area (Å²) in [6.45, 7) is 7.54. The predicted octanol–water partition coefficient (Wildman–Crippen LogP) is 5.58. The molecule has 9 nitrogen and oxygen atoms in total. The molecule has 3 aliphatic rings. The van der Waals surface area contributed by atoms with Gasteiger partial charge in [0.05, 0.1) is 5.69 Å². The van der Waals surface area contributed by atoms with Crippen LogP contribution in [-0.2, 0) is 29.0 Å². The van der Waals surface area contributed by atoms with Crippen LogP contribution in [0.25, 0.3) is 22.0 Å². The average molecular weight is 642 g/mol. The van der Waals surface area contributed by atoms with Crippen LogP contribution in [0.5, 0.6) is 0 Å². The Morgan fingerprint density at radius 3 is 2.70 bits per heavy atom. The Balaban J connectivity index is 1.23. The van der Waals surface area contributed by atoms with E-state index in [-0.39, 0.29) is 35.6 Å². The number of hydrogen-bond acceptors (Lipinski definition) is 6. The number of hydrogen-bond donors (Lipinski definition) is 1. The van der Waals surface area contributed by atoms with Crippen LogP contribution in [0.1, 0.15) is 66.1 Å². The summed E-state index contributed by atoms with van der Waals surface area (Å²) in [5.74, 6) is 0.833. The molecule has 1 saturated carbocycles. The molecular weight excluding hydrogens is 608 g/mol. The van der Waals surface area contributed by atoms with E-state index >= 15 is 0 Å². The van der Waals surface area contributed by atoms with Gasteiger partial charge in [0, 0.05) is 40.5 Å². The number of fused-ring (bicyclic) bond motifs is 5. The van der Waals surface area contributed by atoms with Gasteiger partial charge in [0.1, 0.15) is 28.8 Å². The highest BCUT2D eigenvalue weighted by Gasteiger charge is 2.64. The van der Waals surface area contributed by atoms with Crippen molar-refractivity contribution in [3.63, 3.8) is 0 Å². The largest absolute Gasteiger partial charge is 0.337 e. The summed E-state index contributed by atoms with van der Waals surface area (Å²) < 4.78 is 2.52. The second kappa shape index (κ2) is 10.1. The number of carbonyl (C=O) groups excluding carboxylic acids is 3. The summed E-state index contributed by atoms with van der Waals surface area (Å²) in [7, 11) is 0. The second-order valence-corrected chi connectivity index (χ2v) is 13.4. The molecule has 0 radical (unpaired) electrons. The molecule has 1 saturated heterocycles. The fourth-order valence-corrected chi connectivity index (χ4v) is 7.36. The quantitative estimate of drug-likeness (QED) is 0.225. The number of piperidine rings is 1. The number of amides is 2. The van der Waals surface area contributed by atoms with Gasteiger partial charge in [0.2, 0.25) is 11.8 Å². The molecule has 2 fully saturated rings. The number of rotatable bonds is 5. The number of benzene rings is 1. The normalized spacial score (nSPS) is 22.0. The number of Topliss-reactive ketones (excluding diaryl/α,β-unsaturated/α-hetero) is 1. The van der Waals surface area contributed by atoms with Crippen LogP contribution in [-0.4, -0.2) is 54.1 Å². The van der Waals surface area contributed by atoms with Crippen LogP contribution in [0.2, 0.25) is 0 Å². The van der Waals surface area contributed by atoms with Crippen molar-refractivity contribution < 1.29 is 14.4 Å². The third kappa shape index (κ3) is 4.76. The van der Waals surface area contributed by atoms with Gasteiger partial charge in [-0.1, -0.05) is 13.0 Å². The monoisotopic (exact) mass is 640 g/mol. The Morgan fingerprint density at radius 1 is 1.09 bits per heavy atom. The Labute approximate surface area is 258 Å². The third-order valence-electron chi connectivity index (χ3n) is 9.46. The number of pyridine rings is 1. The lowest BCUT2D eigenvalue weighted by molar-refractivity contribution is -0.138. The summed E-state index contributed by atoms with van der Waals surface area (Å²) in [6, 6.07) is 7.36. The summed E-state index contributed by atoms with van der Waals surface area (Å²) in [4.78, 5) is 55.8. The van der Waals surface area contributed by atoms with Gasteiger partial charge in [-0.15, -0.1) is 0 Å². The molecule has 1 aliphatic heterocycles. The SMILES string of the molecule is CC(=O)c1cn(CC(=O)N2[C@H](C(=O)Nc3nc(Br)ccc3C)C[C@@]3(C)C[C@@H]23)c2cc3c(cc12)-c1cnc(C)nc1CCC3. The topological polar surface area (TPSA) is 110 Å². The molecule has 2 amide bonds. The Morgan fingerprint density at radius 2 is 1.91 bits per heavy atom. The van der Waals surface area contributed by atoms with Crippen molar-refractivity contribution in [1.82, 2.24) is 24.4 Å². The van der Waals surface area contributed by atoms with E-state index in [1.165, 1.54) is 0 Å². The van der Waals surface area contributed by atoms with Crippen molar-refractivity contribution in [2.24, 2.45) is 5.41 Å². The molecule has 3 atom stereocenters. The van der Waals surface area contributed by atoms with Crippen LogP contribution in [0.4, 0.5) is 5.82 Å². The molecule has 3 aromatic heterocycles. The minimum absolute atomic E-state index is 0.0256. The molecule has 0 spiro atoms. The molecule has 7 rings (SSSR count). The number of nitrogens with zero attached hydrogens (tertiary/aromatic N) is 5. The molecular formula is C33H33BrN6O3. The maximum atomic E-state index is 14.0. The van der Waals surface area contributed by atoms with Gasteiger partial charge < -0.3 is 14.8 Å². The van der Waals surface area contributed by atoms with E-state index in [9.17, 15) is 14.4 Å². The third-order valence-corrected chi connectivity index (χ3v) is 9.90. The molecule has 1 aromatic carbocycles. The van der Waals surface area contributed by atoms with E-state index in [2.05, 4.69) is 50.3 Å². The van der Waals surface area contributed by atoms with Crippen molar-refractivity contribution in [2.75, 3.05) is 5.32 Å². The van der Waals surface area contributed by atoms with Crippen molar-refractivity contribution >= 4 is 50.2 Å². The number of ketones is 1. The van der Waals surface area contributed by atoms with Crippen LogP contribution < -0.4 is 5.32 Å². The smallest absolute Gasteiger partial charge is 0.248 e. The molecule has 43 heavy (non-hydrogen) atoms. The van der Waals surface area contributed by atoms with Crippen molar-refractivity contribution in [3.8, 4) is 11.1 Å². The standard InChI is InChI=1S/C33H33BrN6O3/c1-17-8-9-29(34)37-31(17)38-32(43)27-12-33(4)13-28(33)40(27)30(42)16-39-15-24(18(2)41)22-11-21-20(10-26(22)39)6-5-7-25-23(21)14-35-19(3)36-25/h8-11,14-15,27-28H,5-7,12-13,16H2,1-4H3,(H,37,38,43)/t27-,28+,33-/m0/s1. The lowest BCUT2D eigenvalue weighted by Gasteiger charge is -2.27. The minimum atomic E-state index is -0.582. The lowest BCUT2D eigenvalue weighted by atomic mass is 9.96. The highest BCUT2D eigenvalue weighted by Crippen LogP contribution is 2.59. The zero-order valence-electron chi connectivity index (χ0n) is 24.7. The van der Waals surface area contributed by atoms with E-state index in [0.29, 0.717) is 22.4 Å². The Bertz CT molecular complexity index is 1870. The zero-order valence-corrected chi connectivity index (χ0v) is 26.3. The maximum absolute atomic E-state index is 14.0. The first-order valence-corrected chi connectivity index (χ1v) is 15.6. The van der Waals surface area contributed by atoms with Gasteiger partial charge in [0.15, 0.2) is 5.78 Å². The fraction of sp³-hybridized carbons (Fsp3) is 0.394. The maximum Gasteiger partial charge on any atom is 0.248 e. The van der Waals surface area contributed by atoms with Gasteiger partial charge >= 0.3 is 0 Å². The van der Waals surface area contributed by atoms with E-state index in [0.717, 1.165) is 70.4 Å².